The van der Waals surface area contributed by atoms with Crippen LogP contribution >= 0.6 is 12.4 Å². The Morgan fingerprint density at radius 3 is 1.90 bits per heavy atom. The molecule has 0 spiro atoms. The lowest BCUT2D eigenvalue weighted by Crippen LogP contribution is -2.32. The van der Waals surface area contributed by atoms with E-state index in [4.69, 9.17) is 14.2 Å². The van der Waals surface area contributed by atoms with E-state index in [9.17, 15) is 32.9 Å². The number of benzene rings is 3. The number of methoxy groups -OCH3 is 2. The van der Waals surface area contributed by atoms with Crippen molar-refractivity contribution in [3.05, 3.63) is 128 Å². The van der Waals surface area contributed by atoms with Crippen LogP contribution in [0.1, 0.15) is 49.0 Å². The van der Waals surface area contributed by atoms with Gasteiger partial charge in [0, 0.05) is 29.4 Å². The number of hydrogen-bond donors (Lipinski definition) is 2. The molecule has 258 valence electrons. The third-order valence-corrected chi connectivity index (χ3v) is 7.30. The van der Waals surface area contributed by atoms with E-state index in [1.807, 2.05) is 37.4 Å². The SMILES string of the molecule is CNCCC(Oc1ccc(C(F)(F)F)cc1)c1ccccc1.COC(=O)C1=C(C)NC(C)=C(C(=O)OC)C1c1ccccc1[N+](=O)[O-].Cl. The summed E-state index contributed by atoms with van der Waals surface area (Å²) >= 11 is 0. The molecule has 1 heterocycles. The number of allylic oxidation sites excluding steroid dienone is 2. The number of carbonyl (C=O) groups is 2. The zero-order chi connectivity index (χ0) is 34.7. The van der Waals surface area contributed by atoms with Gasteiger partial charge >= 0.3 is 18.1 Å². The maximum Gasteiger partial charge on any atom is 0.416 e. The molecule has 0 fully saturated rings. The van der Waals surface area contributed by atoms with Gasteiger partial charge in [-0.05, 0) is 57.3 Å². The topological polar surface area (TPSA) is 129 Å². The fourth-order valence-corrected chi connectivity index (χ4v) is 5.09. The van der Waals surface area contributed by atoms with E-state index in [1.165, 1.54) is 44.6 Å². The molecule has 0 saturated carbocycles. The highest BCUT2D eigenvalue weighted by Crippen LogP contribution is 2.42. The summed E-state index contributed by atoms with van der Waals surface area (Å²) in [5, 5.41) is 17.4. The molecule has 48 heavy (non-hydrogen) atoms. The Balaban J connectivity index is 0.000000329. The van der Waals surface area contributed by atoms with Gasteiger partial charge in [-0.3, -0.25) is 10.1 Å². The van der Waals surface area contributed by atoms with E-state index in [-0.39, 0.29) is 40.9 Å². The highest BCUT2D eigenvalue weighted by atomic mass is 35.5. The minimum absolute atomic E-state index is 0. The van der Waals surface area contributed by atoms with Gasteiger partial charge in [0.25, 0.3) is 5.69 Å². The summed E-state index contributed by atoms with van der Waals surface area (Å²) in [4.78, 5) is 35.6. The van der Waals surface area contributed by atoms with Crippen LogP contribution < -0.4 is 15.4 Å². The van der Waals surface area contributed by atoms with E-state index in [0.29, 0.717) is 17.1 Å². The van der Waals surface area contributed by atoms with E-state index in [0.717, 1.165) is 30.7 Å². The van der Waals surface area contributed by atoms with Crippen molar-refractivity contribution in [1.82, 2.24) is 10.6 Å². The number of rotatable bonds is 10. The molecule has 0 bridgehead atoms. The Labute approximate surface area is 282 Å². The number of dihydropyridines is 1. The normalized spacial score (nSPS) is 13.7. The van der Waals surface area contributed by atoms with Crippen molar-refractivity contribution in [3.8, 4) is 5.75 Å². The number of nitro benzene ring substituents is 1. The second-order valence-electron chi connectivity index (χ2n) is 10.4. The van der Waals surface area contributed by atoms with Crippen molar-refractivity contribution in [3.63, 3.8) is 0 Å². The molecule has 0 aliphatic carbocycles. The van der Waals surface area contributed by atoms with Crippen LogP contribution in [-0.4, -0.2) is 44.7 Å². The maximum atomic E-state index is 12.6. The summed E-state index contributed by atoms with van der Waals surface area (Å²) in [5.41, 5.74) is 1.51. The largest absolute Gasteiger partial charge is 0.486 e. The van der Waals surface area contributed by atoms with Crippen LogP contribution in [0.25, 0.3) is 0 Å². The number of halogens is 4. The number of hydrogen-bond acceptors (Lipinski definition) is 9. The monoisotopic (exact) mass is 691 g/mol. The van der Waals surface area contributed by atoms with Crippen LogP contribution in [-0.2, 0) is 25.2 Å². The minimum atomic E-state index is -4.33. The predicted molar refractivity (Wildman–Crippen MR) is 175 cm³/mol. The van der Waals surface area contributed by atoms with Crippen molar-refractivity contribution in [2.45, 2.75) is 38.5 Å². The van der Waals surface area contributed by atoms with Gasteiger partial charge < -0.3 is 24.8 Å². The molecular formula is C34H37ClF3N3O7. The second kappa shape index (κ2) is 17.9. The molecule has 1 atom stereocenters. The standard InChI is InChI=1S/C17H18F3NO.C17H18N2O6.ClH/c1-21-12-11-16(13-5-3-2-4-6-13)22-15-9-7-14(8-10-15)17(18,19)20;1-9-13(16(20)24-3)15(14(10(2)18-9)17(21)25-4)11-7-5-6-8-12(11)19(22)23;/h2-10,16,21H,11-12H2,1H3;5-8,15,18H,1-4H3;1H. The van der Waals surface area contributed by atoms with E-state index >= 15 is 0 Å². The quantitative estimate of drug-likeness (QED) is 0.131. The van der Waals surface area contributed by atoms with E-state index < -0.39 is 34.5 Å². The number of carbonyl (C=O) groups excluding carboxylic acids is 2. The lowest BCUT2D eigenvalue weighted by molar-refractivity contribution is -0.385. The zero-order valence-corrected chi connectivity index (χ0v) is 27.7. The average molecular weight is 692 g/mol. The fraction of sp³-hybridized carbons (Fsp3) is 0.294. The number of nitrogens with one attached hydrogen (secondary N) is 2. The maximum absolute atomic E-state index is 12.6. The van der Waals surface area contributed by atoms with Gasteiger partial charge in [-0.2, -0.15) is 13.2 Å². The lowest BCUT2D eigenvalue weighted by atomic mass is 9.79. The first-order valence-corrected chi connectivity index (χ1v) is 14.5. The number of ether oxygens (including phenoxy) is 3. The summed E-state index contributed by atoms with van der Waals surface area (Å²) in [6.45, 7) is 4.04. The van der Waals surface area contributed by atoms with Crippen LogP contribution in [0.2, 0.25) is 0 Å². The Bertz CT molecular complexity index is 1590. The van der Waals surface area contributed by atoms with E-state index in [2.05, 4.69) is 10.6 Å². The number of para-hydroxylation sites is 1. The molecule has 4 rings (SSSR count). The molecule has 1 unspecified atom stereocenters. The Morgan fingerprint density at radius 2 is 1.42 bits per heavy atom. The van der Waals surface area contributed by atoms with Gasteiger partial charge in [0.15, 0.2) is 0 Å². The highest BCUT2D eigenvalue weighted by molar-refractivity contribution is 6.00. The van der Waals surface area contributed by atoms with Gasteiger partial charge in [-0.1, -0.05) is 48.5 Å². The molecule has 0 saturated heterocycles. The molecular weight excluding hydrogens is 655 g/mol. The average Bonchev–Trinajstić information content (AvgIpc) is 3.06. The van der Waals surface area contributed by atoms with Crippen molar-refractivity contribution in [2.75, 3.05) is 27.8 Å². The molecule has 0 radical (unpaired) electrons. The number of nitro groups is 1. The molecule has 14 heteroatoms. The first-order chi connectivity index (χ1) is 22.3. The van der Waals surface area contributed by atoms with Crippen LogP contribution in [0.4, 0.5) is 18.9 Å². The minimum Gasteiger partial charge on any atom is -0.486 e. The van der Waals surface area contributed by atoms with Crippen LogP contribution in [0.15, 0.2) is 101 Å². The second-order valence-corrected chi connectivity index (χ2v) is 10.4. The zero-order valence-electron chi connectivity index (χ0n) is 26.9. The van der Waals surface area contributed by atoms with Crippen LogP contribution in [0.3, 0.4) is 0 Å². The number of nitrogens with zero attached hydrogens (tertiary/aromatic N) is 1. The van der Waals surface area contributed by atoms with Crippen molar-refractivity contribution < 1.29 is 41.9 Å². The first-order valence-electron chi connectivity index (χ1n) is 14.5. The first kappa shape index (κ1) is 39.3. The van der Waals surface area contributed by atoms with Gasteiger partial charge in [0.2, 0.25) is 0 Å². The predicted octanol–water partition coefficient (Wildman–Crippen LogP) is 7.03. The number of alkyl halides is 3. The molecule has 1 aliphatic rings. The molecule has 3 aromatic rings. The Kier molecular flexibility index (Phi) is 14.6. The Hall–Kier alpha value is -4.88. The van der Waals surface area contributed by atoms with Gasteiger partial charge in [0.1, 0.15) is 11.9 Å². The van der Waals surface area contributed by atoms with Crippen molar-refractivity contribution in [2.24, 2.45) is 0 Å². The molecule has 1 aliphatic heterocycles. The van der Waals surface area contributed by atoms with E-state index in [1.54, 1.807) is 19.9 Å². The van der Waals surface area contributed by atoms with Gasteiger partial charge in [-0.25, -0.2) is 9.59 Å². The third kappa shape index (κ3) is 9.81. The summed E-state index contributed by atoms with van der Waals surface area (Å²) in [6, 6.07) is 20.4. The van der Waals surface area contributed by atoms with Crippen LogP contribution in [0, 0.1) is 10.1 Å². The third-order valence-electron chi connectivity index (χ3n) is 7.30. The van der Waals surface area contributed by atoms with Crippen molar-refractivity contribution >= 4 is 30.0 Å². The summed E-state index contributed by atoms with van der Waals surface area (Å²) in [7, 11) is 4.27. The molecule has 0 aromatic heterocycles. The number of esters is 2. The fourth-order valence-electron chi connectivity index (χ4n) is 5.09. The summed E-state index contributed by atoms with van der Waals surface area (Å²) < 4.78 is 53.2. The Morgan fingerprint density at radius 1 is 0.896 bits per heavy atom. The molecule has 0 amide bonds. The van der Waals surface area contributed by atoms with Gasteiger partial charge in [-0.15, -0.1) is 12.4 Å². The van der Waals surface area contributed by atoms with Crippen molar-refractivity contribution in [1.29, 1.82) is 0 Å². The van der Waals surface area contributed by atoms with Crippen LogP contribution in [0.5, 0.6) is 5.75 Å². The smallest absolute Gasteiger partial charge is 0.416 e. The summed E-state index contributed by atoms with van der Waals surface area (Å²) in [5.74, 6) is -1.90. The summed E-state index contributed by atoms with van der Waals surface area (Å²) in [6.07, 6.45) is -3.81. The molecule has 10 nitrogen and oxygen atoms in total. The van der Waals surface area contributed by atoms with Gasteiger partial charge in [0.05, 0.1) is 41.8 Å². The lowest BCUT2D eigenvalue weighted by Gasteiger charge is -2.29. The molecule has 3 aromatic carbocycles. The highest BCUT2D eigenvalue weighted by Gasteiger charge is 2.40. The molecule has 2 N–H and O–H groups in total.